The maximum absolute atomic E-state index is 13.5. The van der Waals surface area contributed by atoms with E-state index in [-0.39, 0.29) is 18.1 Å². The number of ether oxygens (including phenoxy) is 1. The van der Waals surface area contributed by atoms with Crippen molar-refractivity contribution in [1.29, 1.82) is 0 Å². The van der Waals surface area contributed by atoms with Gasteiger partial charge in [0.05, 0.1) is 13.5 Å². The van der Waals surface area contributed by atoms with Crippen molar-refractivity contribution in [3.8, 4) is 5.75 Å². The van der Waals surface area contributed by atoms with E-state index in [9.17, 15) is 9.18 Å². The van der Waals surface area contributed by atoms with Crippen molar-refractivity contribution in [3.05, 3.63) is 29.6 Å². The molecule has 1 heterocycles. The van der Waals surface area contributed by atoms with Crippen LogP contribution in [0.25, 0.3) is 0 Å². The second-order valence-electron chi connectivity index (χ2n) is 4.84. The number of rotatable bonds is 3. The quantitative estimate of drug-likeness (QED) is 0.893. The Bertz CT molecular complexity index is 465. The van der Waals surface area contributed by atoms with E-state index in [1.165, 1.54) is 13.2 Å². The zero-order valence-electron chi connectivity index (χ0n) is 11.3. The fraction of sp³-hybridized carbons (Fsp3) is 0.500. The zero-order valence-corrected chi connectivity index (χ0v) is 11.3. The number of nitrogens with one attached hydrogen (secondary N) is 1. The van der Waals surface area contributed by atoms with Gasteiger partial charge in [0.25, 0.3) is 0 Å². The molecule has 1 aromatic carbocycles. The molecule has 0 saturated carbocycles. The fourth-order valence-electron chi connectivity index (χ4n) is 2.27. The highest BCUT2D eigenvalue weighted by atomic mass is 19.1. The van der Waals surface area contributed by atoms with Crippen LogP contribution in [0, 0.1) is 5.82 Å². The van der Waals surface area contributed by atoms with Crippen molar-refractivity contribution in [1.82, 2.24) is 10.2 Å². The topological polar surface area (TPSA) is 41.6 Å². The minimum absolute atomic E-state index is 0.0397. The third kappa shape index (κ3) is 3.44. The molecule has 0 radical (unpaired) electrons. The highest BCUT2D eigenvalue weighted by molar-refractivity contribution is 5.79. The molecule has 0 bridgehead atoms. The summed E-state index contributed by atoms with van der Waals surface area (Å²) in [6, 6.07) is 4.96. The van der Waals surface area contributed by atoms with Crippen LogP contribution in [0.3, 0.4) is 0 Å². The molecule has 1 aliphatic heterocycles. The maximum atomic E-state index is 13.5. The van der Waals surface area contributed by atoms with Gasteiger partial charge in [-0.2, -0.15) is 0 Å². The summed E-state index contributed by atoms with van der Waals surface area (Å²) in [4.78, 5) is 13.9. The molecule has 1 aliphatic rings. The van der Waals surface area contributed by atoms with Crippen LogP contribution in [0.15, 0.2) is 18.2 Å². The van der Waals surface area contributed by atoms with Gasteiger partial charge < -0.3 is 15.0 Å². The third-order valence-corrected chi connectivity index (χ3v) is 3.29. The summed E-state index contributed by atoms with van der Waals surface area (Å²) in [5, 5.41) is 3.28. The predicted octanol–water partition coefficient (Wildman–Crippen LogP) is 1.20. The number of benzene rings is 1. The summed E-state index contributed by atoms with van der Waals surface area (Å²) in [6.07, 6.45) is 0.230. The van der Waals surface area contributed by atoms with Crippen LogP contribution >= 0.6 is 0 Å². The summed E-state index contributed by atoms with van der Waals surface area (Å²) in [7, 11) is 1.42. The number of hydrogen-bond donors (Lipinski definition) is 1. The molecule has 2 rings (SSSR count). The van der Waals surface area contributed by atoms with Gasteiger partial charge in [-0.25, -0.2) is 4.39 Å². The molecule has 104 valence electrons. The van der Waals surface area contributed by atoms with Crippen molar-refractivity contribution < 1.29 is 13.9 Å². The monoisotopic (exact) mass is 266 g/mol. The molecule has 0 aromatic heterocycles. The molecule has 1 saturated heterocycles. The highest BCUT2D eigenvalue weighted by Crippen LogP contribution is 2.18. The van der Waals surface area contributed by atoms with Gasteiger partial charge >= 0.3 is 0 Å². The molecule has 4 nitrogen and oxygen atoms in total. The summed E-state index contributed by atoms with van der Waals surface area (Å²) in [5.41, 5.74) is 0.675. The smallest absolute Gasteiger partial charge is 0.227 e. The Hall–Kier alpha value is -1.62. The second kappa shape index (κ2) is 6.02. The Morgan fingerprint density at radius 2 is 2.37 bits per heavy atom. The standard InChI is InChI=1S/C14H19FN2O2/c1-10-9-17(6-5-16-10)14(18)8-11-3-4-13(19-2)12(15)7-11/h3-4,7,10,16H,5-6,8-9H2,1-2H3. The molecular formula is C14H19FN2O2. The summed E-state index contributed by atoms with van der Waals surface area (Å²) >= 11 is 0. The van der Waals surface area contributed by atoms with Gasteiger partial charge in [0, 0.05) is 25.7 Å². The van der Waals surface area contributed by atoms with Crippen molar-refractivity contribution in [2.24, 2.45) is 0 Å². The maximum Gasteiger partial charge on any atom is 0.227 e. The van der Waals surface area contributed by atoms with Crippen molar-refractivity contribution in [3.63, 3.8) is 0 Å². The summed E-state index contributed by atoms with van der Waals surface area (Å²) in [5.74, 6) is -0.189. The van der Waals surface area contributed by atoms with Crippen molar-refractivity contribution in [2.75, 3.05) is 26.7 Å². The number of piperazine rings is 1. The SMILES string of the molecule is COc1ccc(CC(=O)N2CCNC(C)C2)cc1F. The molecule has 5 heteroatoms. The van der Waals surface area contributed by atoms with E-state index in [0.717, 1.165) is 6.54 Å². The Kier molecular flexibility index (Phi) is 4.37. The van der Waals surface area contributed by atoms with E-state index < -0.39 is 5.82 Å². The number of amides is 1. The third-order valence-electron chi connectivity index (χ3n) is 3.29. The predicted molar refractivity (Wildman–Crippen MR) is 70.7 cm³/mol. The first-order chi connectivity index (χ1) is 9.10. The lowest BCUT2D eigenvalue weighted by Crippen LogP contribution is -2.51. The Balaban J connectivity index is 2.00. The van der Waals surface area contributed by atoms with E-state index in [1.54, 1.807) is 12.1 Å². The molecule has 1 fully saturated rings. The van der Waals surface area contributed by atoms with E-state index in [2.05, 4.69) is 5.32 Å². The lowest BCUT2D eigenvalue weighted by Gasteiger charge is -2.32. The second-order valence-corrected chi connectivity index (χ2v) is 4.84. The first kappa shape index (κ1) is 13.8. The number of carbonyl (C=O) groups is 1. The molecule has 0 spiro atoms. The molecular weight excluding hydrogens is 247 g/mol. The zero-order chi connectivity index (χ0) is 13.8. The average molecular weight is 266 g/mol. The van der Waals surface area contributed by atoms with E-state index >= 15 is 0 Å². The number of nitrogens with zero attached hydrogens (tertiary/aromatic N) is 1. The van der Waals surface area contributed by atoms with Crippen molar-refractivity contribution in [2.45, 2.75) is 19.4 Å². The first-order valence-corrected chi connectivity index (χ1v) is 6.43. The molecule has 19 heavy (non-hydrogen) atoms. The fourth-order valence-corrected chi connectivity index (χ4v) is 2.27. The number of carbonyl (C=O) groups excluding carboxylic acids is 1. The van der Waals surface area contributed by atoms with Gasteiger partial charge in [0.2, 0.25) is 5.91 Å². The molecule has 1 aromatic rings. The first-order valence-electron chi connectivity index (χ1n) is 6.43. The van der Waals surface area contributed by atoms with Gasteiger partial charge in [-0.15, -0.1) is 0 Å². The van der Waals surface area contributed by atoms with E-state index in [0.29, 0.717) is 24.7 Å². The van der Waals surface area contributed by atoms with E-state index in [4.69, 9.17) is 4.74 Å². The Morgan fingerprint density at radius 3 is 3.00 bits per heavy atom. The van der Waals surface area contributed by atoms with Crippen LogP contribution in [0.4, 0.5) is 4.39 Å². The average Bonchev–Trinajstić information content (AvgIpc) is 2.39. The van der Waals surface area contributed by atoms with Crippen LogP contribution < -0.4 is 10.1 Å². The van der Waals surface area contributed by atoms with Crippen LogP contribution in [-0.2, 0) is 11.2 Å². The van der Waals surface area contributed by atoms with Crippen LogP contribution in [0.1, 0.15) is 12.5 Å². The molecule has 1 amide bonds. The number of hydrogen-bond acceptors (Lipinski definition) is 3. The van der Waals surface area contributed by atoms with Crippen molar-refractivity contribution >= 4 is 5.91 Å². The Morgan fingerprint density at radius 1 is 1.58 bits per heavy atom. The molecule has 1 N–H and O–H groups in total. The summed E-state index contributed by atoms with van der Waals surface area (Å²) < 4.78 is 18.4. The normalized spacial score (nSPS) is 19.3. The van der Waals surface area contributed by atoms with Gasteiger partial charge in [0.1, 0.15) is 0 Å². The number of methoxy groups -OCH3 is 1. The molecule has 1 atom stereocenters. The van der Waals surface area contributed by atoms with Gasteiger partial charge in [-0.3, -0.25) is 4.79 Å². The van der Waals surface area contributed by atoms with Gasteiger partial charge in [0.15, 0.2) is 11.6 Å². The molecule has 1 unspecified atom stereocenters. The van der Waals surface area contributed by atoms with Gasteiger partial charge in [-0.1, -0.05) is 6.07 Å². The Labute approximate surface area is 112 Å². The van der Waals surface area contributed by atoms with Crippen LogP contribution in [-0.4, -0.2) is 43.6 Å². The van der Waals surface area contributed by atoms with Crippen LogP contribution in [0.2, 0.25) is 0 Å². The largest absolute Gasteiger partial charge is 0.494 e. The highest BCUT2D eigenvalue weighted by Gasteiger charge is 2.20. The number of halogens is 1. The minimum atomic E-state index is -0.429. The summed E-state index contributed by atoms with van der Waals surface area (Å²) in [6.45, 7) is 4.27. The minimum Gasteiger partial charge on any atom is -0.494 e. The van der Waals surface area contributed by atoms with E-state index in [1.807, 2.05) is 11.8 Å². The van der Waals surface area contributed by atoms with Gasteiger partial charge in [-0.05, 0) is 24.6 Å². The lowest BCUT2D eigenvalue weighted by atomic mass is 10.1. The molecule has 0 aliphatic carbocycles. The van der Waals surface area contributed by atoms with Crippen LogP contribution in [0.5, 0.6) is 5.75 Å². The lowest BCUT2D eigenvalue weighted by molar-refractivity contribution is -0.131.